The number of nitrogens with one attached hydrogen (secondary N) is 3. The number of benzene rings is 2. The van der Waals surface area contributed by atoms with E-state index >= 15 is 0 Å². The molecule has 3 N–H and O–H groups in total. The van der Waals surface area contributed by atoms with Crippen molar-refractivity contribution in [2.45, 2.75) is 31.8 Å². The van der Waals surface area contributed by atoms with Gasteiger partial charge < -0.3 is 16.0 Å². The van der Waals surface area contributed by atoms with E-state index in [2.05, 4.69) is 16.0 Å². The van der Waals surface area contributed by atoms with E-state index in [4.69, 9.17) is 0 Å². The maximum absolute atomic E-state index is 12.2. The SMILES string of the molecule is CC(NC(=O)c1ccccc1)C(=O)Nc1ccc(C(=O)NC2CC2)cc1. The van der Waals surface area contributed by atoms with Gasteiger partial charge in [0.05, 0.1) is 0 Å². The zero-order chi connectivity index (χ0) is 18.5. The lowest BCUT2D eigenvalue weighted by Crippen LogP contribution is -2.41. The Bertz CT molecular complexity index is 799. The summed E-state index contributed by atoms with van der Waals surface area (Å²) in [6, 6.07) is 15.0. The molecular weight excluding hydrogens is 330 g/mol. The highest BCUT2D eigenvalue weighted by atomic mass is 16.2. The van der Waals surface area contributed by atoms with Gasteiger partial charge in [-0.3, -0.25) is 14.4 Å². The Morgan fingerprint density at radius 1 is 0.885 bits per heavy atom. The molecule has 1 unspecified atom stereocenters. The molecule has 2 aromatic carbocycles. The van der Waals surface area contributed by atoms with Crippen LogP contribution in [-0.4, -0.2) is 29.8 Å². The van der Waals surface area contributed by atoms with Gasteiger partial charge in [-0.05, 0) is 56.2 Å². The number of hydrogen-bond acceptors (Lipinski definition) is 3. The lowest BCUT2D eigenvalue weighted by Gasteiger charge is -2.14. The zero-order valence-corrected chi connectivity index (χ0v) is 14.5. The Morgan fingerprint density at radius 2 is 1.50 bits per heavy atom. The first-order valence-corrected chi connectivity index (χ1v) is 8.60. The Morgan fingerprint density at radius 3 is 2.12 bits per heavy atom. The third-order valence-corrected chi connectivity index (χ3v) is 4.10. The molecule has 1 aliphatic rings. The van der Waals surface area contributed by atoms with Crippen molar-refractivity contribution in [2.75, 3.05) is 5.32 Å². The molecule has 0 bridgehead atoms. The fourth-order valence-electron chi connectivity index (χ4n) is 2.39. The topological polar surface area (TPSA) is 87.3 Å². The van der Waals surface area contributed by atoms with E-state index in [1.165, 1.54) is 0 Å². The van der Waals surface area contributed by atoms with Gasteiger partial charge >= 0.3 is 0 Å². The minimum absolute atomic E-state index is 0.103. The summed E-state index contributed by atoms with van der Waals surface area (Å²) in [5, 5.41) is 8.30. The van der Waals surface area contributed by atoms with Crippen molar-refractivity contribution < 1.29 is 14.4 Å². The molecular formula is C20H21N3O3. The van der Waals surface area contributed by atoms with Crippen molar-refractivity contribution in [3.05, 3.63) is 65.7 Å². The fraction of sp³-hybridized carbons (Fsp3) is 0.250. The molecule has 3 rings (SSSR count). The van der Waals surface area contributed by atoms with Crippen LogP contribution in [0.5, 0.6) is 0 Å². The second-order valence-electron chi connectivity index (χ2n) is 6.38. The molecule has 26 heavy (non-hydrogen) atoms. The van der Waals surface area contributed by atoms with Crippen LogP contribution in [0.15, 0.2) is 54.6 Å². The van der Waals surface area contributed by atoms with Gasteiger partial charge in [-0.2, -0.15) is 0 Å². The molecule has 0 aromatic heterocycles. The summed E-state index contributed by atoms with van der Waals surface area (Å²) in [4.78, 5) is 36.3. The summed E-state index contributed by atoms with van der Waals surface area (Å²) in [6.07, 6.45) is 2.07. The molecule has 1 aliphatic carbocycles. The molecule has 3 amide bonds. The standard InChI is InChI=1S/C20H21N3O3/c1-13(21-19(25)14-5-3-2-4-6-14)18(24)22-16-9-7-15(8-10-16)20(26)23-17-11-12-17/h2-10,13,17H,11-12H2,1H3,(H,21,25)(H,22,24)(H,23,26). The van der Waals surface area contributed by atoms with E-state index in [1.807, 2.05) is 6.07 Å². The monoisotopic (exact) mass is 351 g/mol. The molecule has 1 saturated carbocycles. The molecule has 1 atom stereocenters. The predicted octanol–water partition coefficient (Wildman–Crippen LogP) is 2.34. The number of amides is 3. The van der Waals surface area contributed by atoms with Crippen LogP contribution >= 0.6 is 0 Å². The highest BCUT2D eigenvalue weighted by molar-refractivity contribution is 6.01. The summed E-state index contributed by atoms with van der Waals surface area (Å²) in [5.41, 5.74) is 1.62. The van der Waals surface area contributed by atoms with E-state index in [1.54, 1.807) is 55.5 Å². The van der Waals surface area contributed by atoms with E-state index in [0.29, 0.717) is 22.9 Å². The van der Waals surface area contributed by atoms with Crippen LogP contribution in [-0.2, 0) is 4.79 Å². The average Bonchev–Trinajstić information content (AvgIpc) is 3.46. The first-order valence-electron chi connectivity index (χ1n) is 8.60. The molecule has 6 nitrogen and oxygen atoms in total. The number of anilines is 1. The summed E-state index contributed by atoms with van der Waals surface area (Å²) < 4.78 is 0. The van der Waals surface area contributed by atoms with Crippen molar-refractivity contribution in [3.8, 4) is 0 Å². The van der Waals surface area contributed by atoms with Crippen LogP contribution in [0.3, 0.4) is 0 Å². The first kappa shape index (κ1) is 17.7. The number of rotatable bonds is 6. The van der Waals surface area contributed by atoms with Crippen LogP contribution in [0.25, 0.3) is 0 Å². The summed E-state index contributed by atoms with van der Waals surface area (Å²) in [7, 11) is 0. The first-order chi connectivity index (χ1) is 12.5. The maximum Gasteiger partial charge on any atom is 0.251 e. The zero-order valence-electron chi connectivity index (χ0n) is 14.5. The third kappa shape index (κ3) is 4.69. The number of hydrogen-bond donors (Lipinski definition) is 3. The van der Waals surface area contributed by atoms with Crippen molar-refractivity contribution in [3.63, 3.8) is 0 Å². The highest BCUT2D eigenvalue weighted by Crippen LogP contribution is 2.19. The molecule has 0 spiro atoms. The highest BCUT2D eigenvalue weighted by Gasteiger charge is 2.23. The van der Waals surface area contributed by atoms with Crippen LogP contribution in [0.1, 0.15) is 40.5 Å². The van der Waals surface area contributed by atoms with Gasteiger partial charge in [-0.25, -0.2) is 0 Å². The van der Waals surface area contributed by atoms with Crippen molar-refractivity contribution in [1.29, 1.82) is 0 Å². The normalized spacial score (nSPS) is 14.2. The molecule has 2 aromatic rings. The van der Waals surface area contributed by atoms with E-state index in [-0.39, 0.29) is 17.7 Å². The van der Waals surface area contributed by atoms with Crippen LogP contribution in [0, 0.1) is 0 Å². The predicted molar refractivity (Wildman–Crippen MR) is 98.9 cm³/mol. The Hall–Kier alpha value is -3.15. The molecule has 1 fully saturated rings. The smallest absolute Gasteiger partial charge is 0.251 e. The number of carbonyl (C=O) groups excluding carboxylic acids is 3. The molecule has 0 saturated heterocycles. The van der Waals surface area contributed by atoms with Crippen molar-refractivity contribution in [2.24, 2.45) is 0 Å². The summed E-state index contributed by atoms with van der Waals surface area (Å²) >= 11 is 0. The second-order valence-corrected chi connectivity index (χ2v) is 6.38. The lowest BCUT2D eigenvalue weighted by atomic mass is 10.1. The van der Waals surface area contributed by atoms with Crippen LogP contribution in [0.4, 0.5) is 5.69 Å². The van der Waals surface area contributed by atoms with Gasteiger partial charge in [0, 0.05) is 22.9 Å². The van der Waals surface area contributed by atoms with Crippen LogP contribution in [0.2, 0.25) is 0 Å². The molecule has 0 radical (unpaired) electrons. The summed E-state index contributed by atoms with van der Waals surface area (Å²) in [6.45, 7) is 1.62. The minimum Gasteiger partial charge on any atom is -0.349 e. The van der Waals surface area contributed by atoms with Crippen molar-refractivity contribution in [1.82, 2.24) is 10.6 Å². The van der Waals surface area contributed by atoms with Crippen LogP contribution < -0.4 is 16.0 Å². The molecule has 6 heteroatoms. The largest absolute Gasteiger partial charge is 0.349 e. The van der Waals surface area contributed by atoms with Gasteiger partial charge in [0.1, 0.15) is 6.04 Å². The minimum atomic E-state index is -0.694. The van der Waals surface area contributed by atoms with E-state index in [0.717, 1.165) is 12.8 Å². The van der Waals surface area contributed by atoms with E-state index in [9.17, 15) is 14.4 Å². The number of carbonyl (C=O) groups is 3. The third-order valence-electron chi connectivity index (χ3n) is 4.10. The van der Waals surface area contributed by atoms with Gasteiger partial charge in [-0.15, -0.1) is 0 Å². The van der Waals surface area contributed by atoms with Gasteiger partial charge in [0.2, 0.25) is 5.91 Å². The van der Waals surface area contributed by atoms with Gasteiger partial charge in [-0.1, -0.05) is 18.2 Å². The second kappa shape index (κ2) is 7.82. The van der Waals surface area contributed by atoms with Gasteiger partial charge in [0.25, 0.3) is 11.8 Å². The molecule has 0 aliphatic heterocycles. The fourth-order valence-corrected chi connectivity index (χ4v) is 2.39. The Balaban J connectivity index is 1.53. The summed E-state index contributed by atoms with van der Waals surface area (Å²) in [5.74, 6) is -0.737. The average molecular weight is 351 g/mol. The van der Waals surface area contributed by atoms with Crippen molar-refractivity contribution >= 4 is 23.4 Å². The Labute approximate surface area is 152 Å². The molecule has 134 valence electrons. The quantitative estimate of drug-likeness (QED) is 0.746. The Kier molecular flexibility index (Phi) is 5.31. The molecule has 0 heterocycles. The van der Waals surface area contributed by atoms with E-state index < -0.39 is 6.04 Å². The maximum atomic E-state index is 12.2. The van der Waals surface area contributed by atoms with Gasteiger partial charge in [0.15, 0.2) is 0 Å². The lowest BCUT2D eigenvalue weighted by molar-refractivity contribution is -0.117.